The molecule has 0 saturated carbocycles. The maximum atomic E-state index is 7.67. The van der Waals surface area contributed by atoms with Crippen molar-refractivity contribution in [2.45, 2.75) is 13.8 Å². The Morgan fingerprint density at radius 3 is 2.40 bits per heavy atom. The first-order valence-electron chi connectivity index (χ1n) is 8.08. The van der Waals surface area contributed by atoms with E-state index in [1.165, 1.54) is 0 Å². The number of aromatic nitrogens is 1. The van der Waals surface area contributed by atoms with Crippen LogP contribution in [-0.2, 0) is 0 Å². The van der Waals surface area contributed by atoms with E-state index in [1.807, 2.05) is 61.5 Å². The highest BCUT2D eigenvalue weighted by molar-refractivity contribution is 5.70. The lowest BCUT2D eigenvalue weighted by molar-refractivity contribution is 1.31. The van der Waals surface area contributed by atoms with Crippen molar-refractivity contribution in [1.82, 2.24) is 4.98 Å². The summed E-state index contributed by atoms with van der Waals surface area (Å²) in [6, 6.07) is 19.4. The zero-order valence-electron chi connectivity index (χ0n) is 14.3. The van der Waals surface area contributed by atoms with Crippen LogP contribution in [0.5, 0.6) is 0 Å². The number of hydrogen-bond donors (Lipinski definition) is 0. The molecule has 1 heterocycles. The topological polar surface area (TPSA) is 12.9 Å². The number of nitrogens with zero attached hydrogens (tertiary/aromatic N) is 1. The molecule has 2 aromatic carbocycles. The molecule has 0 amide bonds. The average molecular weight is 262 g/mol. The van der Waals surface area contributed by atoms with Gasteiger partial charge in [0.1, 0.15) is 0 Å². The summed E-state index contributed by atoms with van der Waals surface area (Å²) in [6.07, 6.45) is 1.76. The summed E-state index contributed by atoms with van der Waals surface area (Å²) in [5.74, 6) is 0. The van der Waals surface area contributed by atoms with Gasteiger partial charge in [-0.3, -0.25) is 4.98 Å². The molecule has 3 aromatic rings. The van der Waals surface area contributed by atoms with E-state index in [0.717, 1.165) is 27.9 Å². The first-order chi connectivity index (χ1) is 10.9. The minimum Gasteiger partial charge on any atom is -0.256 e. The molecule has 1 aromatic heterocycles. The van der Waals surface area contributed by atoms with Gasteiger partial charge in [-0.25, -0.2) is 0 Å². The van der Waals surface area contributed by atoms with E-state index in [4.69, 9.17) is 4.11 Å². The molecule has 0 atom stereocenters. The van der Waals surface area contributed by atoms with Crippen LogP contribution in [0, 0.1) is 13.8 Å². The van der Waals surface area contributed by atoms with Crippen LogP contribution in [0.4, 0.5) is 0 Å². The van der Waals surface area contributed by atoms with E-state index in [9.17, 15) is 0 Å². The first-order valence-corrected chi connectivity index (χ1v) is 6.58. The SMILES string of the molecule is [2H]C([2H])([2H])c1cc(-c2ccnc(-c3ccccc3)c2)ccc1C. The van der Waals surface area contributed by atoms with Crippen molar-refractivity contribution < 1.29 is 4.11 Å². The van der Waals surface area contributed by atoms with Gasteiger partial charge >= 0.3 is 0 Å². The second-order valence-electron chi connectivity index (χ2n) is 4.83. The molecule has 20 heavy (non-hydrogen) atoms. The molecule has 0 bridgehead atoms. The van der Waals surface area contributed by atoms with Gasteiger partial charge in [0.15, 0.2) is 0 Å². The van der Waals surface area contributed by atoms with Gasteiger partial charge in [0, 0.05) is 15.9 Å². The molecule has 98 valence electrons. The Morgan fingerprint density at radius 2 is 1.60 bits per heavy atom. The molecule has 0 aliphatic carbocycles. The van der Waals surface area contributed by atoms with Crippen LogP contribution in [0.3, 0.4) is 0 Å². The smallest absolute Gasteiger partial charge is 0.0708 e. The van der Waals surface area contributed by atoms with E-state index in [-0.39, 0.29) is 0 Å². The molecule has 0 saturated heterocycles. The number of rotatable bonds is 2. The van der Waals surface area contributed by atoms with Crippen LogP contribution in [0.25, 0.3) is 22.4 Å². The highest BCUT2D eigenvalue weighted by Gasteiger charge is 2.03. The Morgan fingerprint density at radius 1 is 0.800 bits per heavy atom. The van der Waals surface area contributed by atoms with Gasteiger partial charge in [-0.2, -0.15) is 0 Å². The maximum Gasteiger partial charge on any atom is 0.0708 e. The van der Waals surface area contributed by atoms with E-state index >= 15 is 0 Å². The minimum atomic E-state index is -2.10. The van der Waals surface area contributed by atoms with Crippen LogP contribution in [0.2, 0.25) is 0 Å². The summed E-state index contributed by atoms with van der Waals surface area (Å²) in [7, 11) is 0. The van der Waals surface area contributed by atoms with Gasteiger partial charge in [0.25, 0.3) is 0 Å². The summed E-state index contributed by atoms with van der Waals surface area (Å²) < 4.78 is 23.0. The summed E-state index contributed by atoms with van der Waals surface area (Å²) in [5.41, 5.74) is 4.95. The molecule has 0 spiro atoms. The fourth-order valence-corrected chi connectivity index (χ4v) is 2.18. The zero-order valence-corrected chi connectivity index (χ0v) is 11.3. The van der Waals surface area contributed by atoms with Crippen molar-refractivity contribution in [3.05, 3.63) is 78.0 Å². The summed E-state index contributed by atoms with van der Waals surface area (Å²) in [6.45, 7) is -0.275. The Balaban J connectivity index is 2.07. The highest BCUT2D eigenvalue weighted by atomic mass is 14.7. The zero-order chi connectivity index (χ0) is 16.4. The molecule has 0 aliphatic rings. The quantitative estimate of drug-likeness (QED) is 0.631. The molecule has 0 radical (unpaired) electrons. The van der Waals surface area contributed by atoms with Crippen LogP contribution in [0.15, 0.2) is 66.9 Å². The fourth-order valence-electron chi connectivity index (χ4n) is 2.18. The molecule has 1 heteroatoms. The largest absolute Gasteiger partial charge is 0.256 e. The van der Waals surface area contributed by atoms with Gasteiger partial charge in [0.05, 0.1) is 5.69 Å². The lowest BCUT2D eigenvalue weighted by Gasteiger charge is -2.07. The molecule has 0 unspecified atom stereocenters. The third-order valence-corrected chi connectivity index (χ3v) is 3.40. The standard InChI is InChI=1S/C19H17N/c1-14-8-9-17(12-15(14)2)18-10-11-20-19(13-18)16-6-4-3-5-7-16/h3-13H,1-2H3/i2D3. The van der Waals surface area contributed by atoms with Crippen molar-refractivity contribution in [2.24, 2.45) is 0 Å². The normalized spacial score (nSPS) is 13.3. The van der Waals surface area contributed by atoms with Gasteiger partial charge < -0.3 is 0 Å². The van der Waals surface area contributed by atoms with Gasteiger partial charge in [-0.15, -0.1) is 0 Å². The number of aryl methyl sites for hydroxylation is 2. The Hall–Kier alpha value is -2.41. The van der Waals surface area contributed by atoms with E-state index in [2.05, 4.69) is 4.98 Å². The number of hydrogen-bond acceptors (Lipinski definition) is 1. The van der Waals surface area contributed by atoms with Gasteiger partial charge in [0.2, 0.25) is 0 Å². The van der Waals surface area contributed by atoms with E-state index in [1.54, 1.807) is 12.3 Å². The van der Waals surface area contributed by atoms with Crippen molar-refractivity contribution in [3.63, 3.8) is 0 Å². The monoisotopic (exact) mass is 262 g/mol. The summed E-state index contributed by atoms with van der Waals surface area (Å²) >= 11 is 0. The molecular weight excluding hydrogens is 242 g/mol. The van der Waals surface area contributed by atoms with Gasteiger partial charge in [-0.1, -0.05) is 48.5 Å². The number of benzene rings is 2. The Bertz CT molecular complexity index is 824. The van der Waals surface area contributed by atoms with E-state index < -0.39 is 6.85 Å². The van der Waals surface area contributed by atoms with Crippen LogP contribution < -0.4 is 0 Å². The Kier molecular flexibility index (Phi) is 2.51. The predicted molar refractivity (Wildman–Crippen MR) is 84.6 cm³/mol. The van der Waals surface area contributed by atoms with E-state index in [0.29, 0.717) is 5.56 Å². The van der Waals surface area contributed by atoms with Crippen molar-refractivity contribution in [2.75, 3.05) is 0 Å². The highest BCUT2D eigenvalue weighted by Crippen LogP contribution is 2.25. The number of pyridine rings is 1. The van der Waals surface area contributed by atoms with Crippen molar-refractivity contribution in [1.29, 1.82) is 0 Å². The lowest BCUT2D eigenvalue weighted by atomic mass is 10.00. The average Bonchev–Trinajstić information content (AvgIpc) is 2.55. The summed E-state index contributed by atoms with van der Waals surface area (Å²) in [4.78, 5) is 4.41. The molecular formula is C19H17N. The Labute approximate surface area is 124 Å². The van der Waals surface area contributed by atoms with Crippen molar-refractivity contribution in [3.8, 4) is 22.4 Å². The third-order valence-electron chi connectivity index (χ3n) is 3.40. The van der Waals surface area contributed by atoms with Crippen LogP contribution in [-0.4, -0.2) is 4.98 Å². The summed E-state index contributed by atoms with van der Waals surface area (Å²) in [5, 5.41) is 0. The first kappa shape index (κ1) is 9.49. The molecule has 1 nitrogen and oxygen atoms in total. The molecule has 0 aliphatic heterocycles. The van der Waals surface area contributed by atoms with Gasteiger partial charge in [-0.05, 0) is 48.2 Å². The van der Waals surface area contributed by atoms with Crippen LogP contribution in [0.1, 0.15) is 15.2 Å². The third kappa shape index (κ3) is 2.48. The molecule has 3 rings (SSSR count). The maximum absolute atomic E-state index is 7.67. The lowest BCUT2D eigenvalue weighted by Crippen LogP contribution is -1.87. The predicted octanol–water partition coefficient (Wildman–Crippen LogP) is 5.03. The van der Waals surface area contributed by atoms with Crippen molar-refractivity contribution >= 4 is 0 Å². The minimum absolute atomic E-state index is 0.396. The fraction of sp³-hybridized carbons (Fsp3) is 0.105. The second-order valence-corrected chi connectivity index (χ2v) is 4.83. The molecule has 0 N–H and O–H groups in total. The molecule has 0 fully saturated rings. The van der Waals surface area contributed by atoms with Crippen LogP contribution >= 0.6 is 0 Å². The second kappa shape index (κ2) is 5.30.